The van der Waals surface area contributed by atoms with Crippen molar-refractivity contribution in [2.75, 3.05) is 19.7 Å². The zero-order chi connectivity index (χ0) is 16.4. The number of carbonyl (C=O) groups excluding carboxylic acids is 1. The molecule has 3 heterocycles. The SMILES string of the molecule is O=C(CC1CCCCO1)N1CC(c2nc(-c3ccccc3)no2)C1. The lowest BCUT2D eigenvalue weighted by molar-refractivity contribution is -0.139. The van der Waals surface area contributed by atoms with Gasteiger partial charge in [0.1, 0.15) is 0 Å². The van der Waals surface area contributed by atoms with E-state index >= 15 is 0 Å². The molecule has 0 saturated carbocycles. The van der Waals surface area contributed by atoms with Crippen LogP contribution < -0.4 is 0 Å². The Labute approximate surface area is 140 Å². The first-order chi connectivity index (χ1) is 11.8. The van der Waals surface area contributed by atoms with Crippen LogP contribution in [-0.4, -0.2) is 46.7 Å². The van der Waals surface area contributed by atoms with Crippen LogP contribution in [0.25, 0.3) is 11.4 Å². The first kappa shape index (κ1) is 15.3. The van der Waals surface area contributed by atoms with Gasteiger partial charge in [-0.05, 0) is 19.3 Å². The molecule has 6 nitrogen and oxygen atoms in total. The average molecular weight is 327 g/mol. The van der Waals surface area contributed by atoms with E-state index in [-0.39, 0.29) is 17.9 Å². The number of rotatable bonds is 4. The minimum Gasteiger partial charge on any atom is -0.378 e. The fourth-order valence-electron chi connectivity index (χ4n) is 3.24. The first-order valence-corrected chi connectivity index (χ1v) is 8.58. The molecule has 2 aliphatic heterocycles. The van der Waals surface area contributed by atoms with E-state index in [2.05, 4.69) is 10.1 Å². The second-order valence-electron chi connectivity index (χ2n) is 6.51. The van der Waals surface area contributed by atoms with Gasteiger partial charge in [-0.25, -0.2) is 0 Å². The highest BCUT2D eigenvalue weighted by atomic mass is 16.5. The summed E-state index contributed by atoms with van der Waals surface area (Å²) >= 11 is 0. The summed E-state index contributed by atoms with van der Waals surface area (Å²) in [7, 11) is 0. The summed E-state index contributed by atoms with van der Waals surface area (Å²) < 4.78 is 11.0. The molecule has 1 amide bonds. The highest BCUT2D eigenvalue weighted by molar-refractivity contribution is 5.77. The number of aromatic nitrogens is 2. The molecule has 0 spiro atoms. The van der Waals surface area contributed by atoms with Crippen molar-refractivity contribution in [3.8, 4) is 11.4 Å². The van der Waals surface area contributed by atoms with Gasteiger partial charge in [-0.15, -0.1) is 0 Å². The van der Waals surface area contributed by atoms with E-state index in [0.29, 0.717) is 31.2 Å². The predicted molar refractivity (Wildman–Crippen MR) is 87.3 cm³/mol. The van der Waals surface area contributed by atoms with Gasteiger partial charge >= 0.3 is 0 Å². The fraction of sp³-hybridized carbons (Fsp3) is 0.500. The Bertz CT molecular complexity index is 689. The molecule has 0 N–H and O–H groups in total. The summed E-state index contributed by atoms with van der Waals surface area (Å²) in [6.45, 7) is 2.09. The van der Waals surface area contributed by atoms with Crippen molar-refractivity contribution in [2.45, 2.75) is 37.7 Å². The maximum absolute atomic E-state index is 12.3. The second kappa shape index (κ2) is 6.73. The van der Waals surface area contributed by atoms with Crippen molar-refractivity contribution < 1.29 is 14.1 Å². The van der Waals surface area contributed by atoms with Crippen LogP contribution in [-0.2, 0) is 9.53 Å². The van der Waals surface area contributed by atoms with Gasteiger partial charge in [-0.3, -0.25) is 4.79 Å². The van der Waals surface area contributed by atoms with Gasteiger partial charge in [-0.2, -0.15) is 4.98 Å². The molecule has 1 aromatic carbocycles. The molecule has 0 bridgehead atoms. The monoisotopic (exact) mass is 327 g/mol. The van der Waals surface area contributed by atoms with Gasteiger partial charge in [-0.1, -0.05) is 35.5 Å². The van der Waals surface area contributed by atoms with Crippen LogP contribution in [0.15, 0.2) is 34.9 Å². The van der Waals surface area contributed by atoms with E-state index < -0.39 is 0 Å². The third-order valence-electron chi connectivity index (χ3n) is 4.73. The number of hydrogen-bond acceptors (Lipinski definition) is 5. The van der Waals surface area contributed by atoms with Crippen molar-refractivity contribution >= 4 is 5.91 Å². The number of ether oxygens (including phenoxy) is 1. The van der Waals surface area contributed by atoms with Crippen LogP contribution in [0.1, 0.15) is 37.5 Å². The number of nitrogens with zero attached hydrogens (tertiary/aromatic N) is 3. The van der Waals surface area contributed by atoms with Gasteiger partial charge in [0.2, 0.25) is 17.6 Å². The quantitative estimate of drug-likeness (QED) is 0.863. The number of hydrogen-bond donors (Lipinski definition) is 0. The lowest BCUT2D eigenvalue weighted by Crippen LogP contribution is -2.49. The standard InChI is InChI=1S/C18H21N3O3/c22-16(10-15-8-4-5-9-23-15)21-11-14(12-21)18-19-17(20-24-18)13-6-2-1-3-7-13/h1-3,6-7,14-15H,4-5,8-12H2. The van der Waals surface area contributed by atoms with Crippen molar-refractivity contribution in [2.24, 2.45) is 0 Å². The van der Waals surface area contributed by atoms with Crippen molar-refractivity contribution in [1.82, 2.24) is 15.0 Å². The minimum atomic E-state index is 0.0957. The predicted octanol–water partition coefficient (Wildman–Crippen LogP) is 2.62. The summed E-state index contributed by atoms with van der Waals surface area (Å²) in [6.07, 6.45) is 3.85. The number of benzene rings is 1. The molecule has 2 saturated heterocycles. The largest absolute Gasteiger partial charge is 0.378 e. The van der Waals surface area contributed by atoms with Gasteiger partial charge in [0.05, 0.1) is 18.4 Å². The maximum Gasteiger partial charge on any atom is 0.233 e. The summed E-state index contributed by atoms with van der Waals surface area (Å²) in [5.41, 5.74) is 0.939. The average Bonchev–Trinajstić information content (AvgIpc) is 3.05. The van der Waals surface area contributed by atoms with Crippen molar-refractivity contribution in [3.05, 3.63) is 36.2 Å². The van der Waals surface area contributed by atoms with Crippen LogP contribution in [0.4, 0.5) is 0 Å². The molecule has 0 aliphatic carbocycles. The van der Waals surface area contributed by atoms with E-state index in [1.54, 1.807) is 0 Å². The first-order valence-electron chi connectivity index (χ1n) is 8.58. The molecule has 2 aliphatic rings. The molecule has 2 aromatic rings. The third kappa shape index (κ3) is 3.19. The Morgan fingerprint density at radius 3 is 2.79 bits per heavy atom. The van der Waals surface area contributed by atoms with Gasteiger partial charge in [0.15, 0.2) is 0 Å². The lowest BCUT2D eigenvalue weighted by Gasteiger charge is -2.38. The molecule has 126 valence electrons. The second-order valence-corrected chi connectivity index (χ2v) is 6.51. The minimum absolute atomic E-state index is 0.0957. The Morgan fingerprint density at radius 1 is 1.21 bits per heavy atom. The van der Waals surface area contributed by atoms with E-state index in [9.17, 15) is 4.79 Å². The Morgan fingerprint density at radius 2 is 2.04 bits per heavy atom. The molecule has 1 aromatic heterocycles. The highest BCUT2D eigenvalue weighted by Gasteiger charge is 2.36. The Balaban J connectivity index is 1.31. The molecule has 1 atom stereocenters. The normalized spacial score (nSPS) is 21.5. The smallest absolute Gasteiger partial charge is 0.233 e. The molecule has 4 rings (SSSR count). The Kier molecular flexibility index (Phi) is 4.30. The zero-order valence-corrected chi connectivity index (χ0v) is 13.6. The van der Waals surface area contributed by atoms with E-state index in [4.69, 9.17) is 9.26 Å². The molecule has 6 heteroatoms. The molecule has 0 radical (unpaired) electrons. The fourth-order valence-corrected chi connectivity index (χ4v) is 3.24. The van der Waals surface area contributed by atoms with E-state index in [0.717, 1.165) is 31.4 Å². The van der Waals surface area contributed by atoms with Crippen molar-refractivity contribution in [3.63, 3.8) is 0 Å². The van der Waals surface area contributed by atoms with Gasteiger partial charge < -0.3 is 14.2 Å². The van der Waals surface area contributed by atoms with Crippen molar-refractivity contribution in [1.29, 1.82) is 0 Å². The van der Waals surface area contributed by atoms with Crippen LogP contribution in [0.5, 0.6) is 0 Å². The van der Waals surface area contributed by atoms with Gasteiger partial charge in [0.25, 0.3) is 0 Å². The van der Waals surface area contributed by atoms with Gasteiger partial charge in [0, 0.05) is 25.3 Å². The topological polar surface area (TPSA) is 68.5 Å². The van der Waals surface area contributed by atoms with Crippen LogP contribution in [0, 0.1) is 0 Å². The number of likely N-dealkylation sites (tertiary alicyclic amines) is 1. The summed E-state index contributed by atoms with van der Waals surface area (Å²) in [6, 6.07) is 9.76. The summed E-state index contributed by atoms with van der Waals surface area (Å²) in [5, 5.41) is 4.04. The molecular weight excluding hydrogens is 306 g/mol. The molecule has 24 heavy (non-hydrogen) atoms. The van der Waals surface area contributed by atoms with E-state index in [1.165, 1.54) is 0 Å². The summed E-state index contributed by atoms with van der Waals surface area (Å²) in [5.74, 6) is 1.53. The van der Waals surface area contributed by atoms with E-state index in [1.807, 2.05) is 35.2 Å². The maximum atomic E-state index is 12.3. The highest BCUT2D eigenvalue weighted by Crippen LogP contribution is 2.29. The van der Waals surface area contributed by atoms with Crippen LogP contribution in [0.2, 0.25) is 0 Å². The van der Waals surface area contributed by atoms with Crippen LogP contribution >= 0.6 is 0 Å². The van der Waals surface area contributed by atoms with Crippen LogP contribution in [0.3, 0.4) is 0 Å². The summed E-state index contributed by atoms with van der Waals surface area (Å²) in [4.78, 5) is 18.6. The molecular formula is C18H21N3O3. The Hall–Kier alpha value is -2.21. The lowest BCUT2D eigenvalue weighted by atomic mass is 9.98. The number of amides is 1. The third-order valence-corrected chi connectivity index (χ3v) is 4.73. The number of carbonyl (C=O) groups is 1. The zero-order valence-electron chi connectivity index (χ0n) is 13.6. The molecule has 2 fully saturated rings. The molecule has 1 unspecified atom stereocenters.